The number of anilines is 1. The third-order valence-corrected chi connectivity index (χ3v) is 4.62. The van der Waals surface area contributed by atoms with E-state index >= 15 is 0 Å². The molecule has 1 saturated carbocycles. The molecular formula is C18H29Cl2N3O2. The van der Waals surface area contributed by atoms with Crippen molar-refractivity contribution in [2.75, 3.05) is 38.2 Å². The molecule has 1 aliphatic heterocycles. The molecule has 7 heteroatoms. The van der Waals surface area contributed by atoms with Gasteiger partial charge in [-0.05, 0) is 50.3 Å². The number of halogens is 2. The predicted molar refractivity (Wildman–Crippen MR) is 106 cm³/mol. The summed E-state index contributed by atoms with van der Waals surface area (Å²) in [7, 11) is 1.69. The highest BCUT2D eigenvalue weighted by Gasteiger charge is 2.23. The van der Waals surface area contributed by atoms with E-state index in [2.05, 4.69) is 27.7 Å². The standard InChI is InChI=1S/C18H27N3O2.2ClH/c1-23-17-6-2-5-16(10-17)21-9-3-4-15(13-21)20-18(22)12-19-11-14-7-8-14;;/h2,5-6,10,14-15,19H,3-4,7-9,11-13H2,1H3,(H,20,22);2*1H. The molecule has 0 spiro atoms. The smallest absolute Gasteiger partial charge is 0.234 e. The van der Waals surface area contributed by atoms with Crippen LogP contribution in [0.25, 0.3) is 0 Å². The molecule has 1 aromatic rings. The van der Waals surface area contributed by atoms with Gasteiger partial charge in [0, 0.05) is 30.9 Å². The highest BCUT2D eigenvalue weighted by Crippen LogP contribution is 2.27. The number of nitrogens with zero attached hydrogens (tertiary/aromatic N) is 1. The molecule has 1 amide bonds. The van der Waals surface area contributed by atoms with Gasteiger partial charge in [-0.1, -0.05) is 6.07 Å². The number of carbonyl (C=O) groups excluding carboxylic acids is 1. The molecule has 25 heavy (non-hydrogen) atoms. The fourth-order valence-electron chi connectivity index (χ4n) is 3.13. The third kappa shape index (κ3) is 6.92. The lowest BCUT2D eigenvalue weighted by Gasteiger charge is -2.35. The van der Waals surface area contributed by atoms with Gasteiger partial charge in [-0.2, -0.15) is 0 Å². The van der Waals surface area contributed by atoms with Gasteiger partial charge < -0.3 is 20.3 Å². The molecule has 1 aromatic carbocycles. The Kier molecular flexibility index (Phi) is 9.39. The van der Waals surface area contributed by atoms with E-state index in [1.807, 2.05) is 12.1 Å². The topological polar surface area (TPSA) is 53.6 Å². The number of carbonyl (C=O) groups is 1. The summed E-state index contributed by atoms with van der Waals surface area (Å²) in [6.45, 7) is 3.31. The highest BCUT2D eigenvalue weighted by atomic mass is 35.5. The first-order chi connectivity index (χ1) is 11.2. The predicted octanol–water partition coefficient (Wildman–Crippen LogP) is 2.62. The van der Waals surface area contributed by atoms with E-state index in [1.165, 1.54) is 12.8 Å². The molecule has 1 atom stereocenters. The average molecular weight is 390 g/mol. The minimum atomic E-state index is 0. The van der Waals surface area contributed by atoms with Crippen molar-refractivity contribution in [1.82, 2.24) is 10.6 Å². The van der Waals surface area contributed by atoms with Crippen molar-refractivity contribution in [3.63, 3.8) is 0 Å². The van der Waals surface area contributed by atoms with Crippen molar-refractivity contribution in [2.45, 2.75) is 31.7 Å². The Hall–Kier alpha value is -1.17. The summed E-state index contributed by atoms with van der Waals surface area (Å²) in [6, 6.07) is 8.35. The Morgan fingerprint density at radius 2 is 2.08 bits per heavy atom. The van der Waals surface area contributed by atoms with Gasteiger partial charge in [-0.3, -0.25) is 4.79 Å². The second-order valence-corrected chi connectivity index (χ2v) is 6.63. The Balaban J connectivity index is 0.00000156. The van der Waals surface area contributed by atoms with E-state index in [1.54, 1.807) is 7.11 Å². The van der Waals surface area contributed by atoms with Crippen LogP contribution in [0.2, 0.25) is 0 Å². The molecule has 2 fully saturated rings. The fraction of sp³-hybridized carbons (Fsp3) is 0.611. The summed E-state index contributed by atoms with van der Waals surface area (Å²) in [5.41, 5.74) is 1.16. The van der Waals surface area contributed by atoms with Gasteiger partial charge in [0.1, 0.15) is 5.75 Å². The van der Waals surface area contributed by atoms with Crippen molar-refractivity contribution < 1.29 is 9.53 Å². The first kappa shape index (κ1) is 21.9. The first-order valence-corrected chi connectivity index (χ1v) is 8.63. The van der Waals surface area contributed by atoms with Crippen molar-refractivity contribution in [2.24, 2.45) is 5.92 Å². The Morgan fingerprint density at radius 3 is 2.80 bits per heavy atom. The number of hydrogen-bond donors (Lipinski definition) is 2. The second kappa shape index (κ2) is 10.7. The number of nitrogens with one attached hydrogen (secondary N) is 2. The van der Waals surface area contributed by atoms with E-state index < -0.39 is 0 Å². The molecule has 1 saturated heterocycles. The van der Waals surface area contributed by atoms with Crippen LogP contribution in [0.1, 0.15) is 25.7 Å². The molecular weight excluding hydrogens is 361 g/mol. The van der Waals surface area contributed by atoms with Crippen LogP contribution in [-0.4, -0.2) is 45.2 Å². The van der Waals surface area contributed by atoms with Crippen molar-refractivity contribution in [3.05, 3.63) is 24.3 Å². The molecule has 2 aliphatic rings. The molecule has 1 unspecified atom stereocenters. The number of methoxy groups -OCH3 is 1. The maximum absolute atomic E-state index is 12.0. The molecule has 1 heterocycles. The lowest BCUT2D eigenvalue weighted by Crippen LogP contribution is -2.49. The van der Waals surface area contributed by atoms with Gasteiger partial charge in [0.05, 0.1) is 13.7 Å². The minimum Gasteiger partial charge on any atom is -0.497 e. The summed E-state index contributed by atoms with van der Waals surface area (Å²) < 4.78 is 5.30. The summed E-state index contributed by atoms with van der Waals surface area (Å²) >= 11 is 0. The molecule has 0 radical (unpaired) electrons. The summed E-state index contributed by atoms with van der Waals surface area (Å²) in [4.78, 5) is 14.4. The zero-order chi connectivity index (χ0) is 16.1. The van der Waals surface area contributed by atoms with E-state index in [0.29, 0.717) is 6.54 Å². The van der Waals surface area contributed by atoms with Gasteiger partial charge >= 0.3 is 0 Å². The second-order valence-electron chi connectivity index (χ2n) is 6.63. The minimum absolute atomic E-state index is 0. The molecule has 2 N–H and O–H groups in total. The lowest BCUT2D eigenvalue weighted by atomic mass is 10.0. The number of hydrogen-bond acceptors (Lipinski definition) is 4. The van der Waals surface area contributed by atoms with Crippen LogP contribution in [0.3, 0.4) is 0 Å². The Morgan fingerprint density at radius 1 is 1.28 bits per heavy atom. The van der Waals surface area contributed by atoms with Gasteiger partial charge in [-0.25, -0.2) is 0 Å². The maximum atomic E-state index is 12.0. The number of ether oxygens (including phenoxy) is 1. The summed E-state index contributed by atoms with van der Waals surface area (Å²) in [5, 5.41) is 6.42. The number of piperidine rings is 1. The summed E-state index contributed by atoms with van der Waals surface area (Å²) in [5.74, 6) is 1.79. The molecule has 5 nitrogen and oxygen atoms in total. The Bertz CT molecular complexity index is 541. The zero-order valence-corrected chi connectivity index (χ0v) is 16.3. The third-order valence-electron chi connectivity index (χ3n) is 4.62. The monoisotopic (exact) mass is 389 g/mol. The van der Waals surface area contributed by atoms with Gasteiger partial charge in [0.2, 0.25) is 5.91 Å². The van der Waals surface area contributed by atoms with Crippen LogP contribution in [-0.2, 0) is 4.79 Å². The number of rotatable bonds is 7. The van der Waals surface area contributed by atoms with Crippen LogP contribution in [0.5, 0.6) is 5.75 Å². The Labute approximate surface area is 162 Å². The molecule has 0 aromatic heterocycles. The van der Waals surface area contributed by atoms with Crippen LogP contribution >= 0.6 is 24.8 Å². The maximum Gasteiger partial charge on any atom is 0.234 e. The summed E-state index contributed by atoms with van der Waals surface area (Å²) in [6.07, 6.45) is 4.77. The van der Waals surface area contributed by atoms with E-state index in [4.69, 9.17) is 4.74 Å². The van der Waals surface area contributed by atoms with E-state index in [-0.39, 0.29) is 36.8 Å². The van der Waals surface area contributed by atoms with Crippen molar-refractivity contribution in [1.29, 1.82) is 0 Å². The van der Waals surface area contributed by atoms with Crippen LogP contribution in [0.4, 0.5) is 5.69 Å². The highest BCUT2D eigenvalue weighted by molar-refractivity contribution is 5.85. The first-order valence-electron chi connectivity index (χ1n) is 8.63. The average Bonchev–Trinajstić information content (AvgIpc) is 3.39. The van der Waals surface area contributed by atoms with Crippen LogP contribution < -0.4 is 20.3 Å². The largest absolute Gasteiger partial charge is 0.497 e. The zero-order valence-electron chi connectivity index (χ0n) is 14.7. The lowest BCUT2D eigenvalue weighted by molar-refractivity contribution is -0.121. The SMILES string of the molecule is COc1cccc(N2CCCC(NC(=O)CNCC3CC3)C2)c1.Cl.Cl. The van der Waals surface area contributed by atoms with Crippen molar-refractivity contribution in [3.8, 4) is 5.75 Å². The van der Waals surface area contributed by atoms with E-state index in [0.717, 1.165) is 49.8 Å². The van der Waals surface area contributed by atoms with Crippen LogP contribution in [0.15, 0.2) is 24.3 Å². The number of benzene rings is 1. The van der Waals surface area contributed by atoms with Crippen LogP contribution in [0, 0.1) is 5.92 Å². The number of amides is 1. The normalized spacial score (nSPS) is 19.4. The van der Waals surface area contributed by atoms with E-state index in [9.17, 15) is 4.79 Å². The van der Waals surface area contributed by atoms with Gasteiger partial charge in [0.15, 0.2) is 0 Å². The van der Waals surface area contributed by atoms with Crippen molar-refractivity contribution >= 4 is 36.4 Å². The molecule has 142 valence electrons. The molecule has 1 aliphatic carbocycles. The molecule has 3 rings (SSSR count). The fourth-order valence-corrected chi connectivity index (χ4v) is 3.13. The molecule has 0 bridgehead atoms. The van der Waals surface area contributed by atoms with Gasteiger partial charge in [0.25, 0.3) is 0 Å². The van der Waals surface area contributed by atoms with Gasteiger partial charge in [-0.15, -0.1) is 24.8 Å². The quantitative estimate of drug-likeness (QED) is 0.752.